The van der Waals surface area contributed by atoms with Gasteiger partial charge in [-0.25, -0.2) is 9.78 Å². The van der Waals surface area contributed by atoms with E-state index in [1.165, 1.54) is 0 Å². The number of ether oxygens (including phenoxy) is 1. The van der Waals surface area contributed by atoms with Crippen LogP contribution in [0.2, 0.25) is 5.15 Å². The highest BCUT2D eigenvalue weighted by atomic mass is 35.5. The van der Waals surface area contributed by atoms with Crippen LogP contribution in [0.4, 0.5) is 4.79 Å². The van der Waals surface area contributed by atoms with Gasteiger partial charge in [0.15, 0.2) is 5.15 Å². The second kappa shape index (κ2) is 9.00. The standard InChI is InChI=1S/C15H27ClN4O2/c1-5-6-7-12-19-11(13(16)20-12)10-17-8-9-18-14(21)22-15(2,3)4/h17H,5-10H2,1-4H3,(H,18,21)(H,19,20). The smallest absolute Gasteiger partial charge is 0.407 e. The molecular weight excluding hydrogens is 304 g/mol. The summed E-state index contributed by atoms with van der Waals surface area (Å²) in [5, 5.41) is 6.41. The van der Waals surface area contributed by atoms with Crippen LogP contribution in [-0.2, 0) is 17.7 Å². The first-order valence-electron chi connectivity index (χ1n) is 7.72. The fourth-order valence-corrected chi connectivity index (χ4v) is 2.02. The number of hydrogen-bond acceptors (Lipinski definition) is 4. The van der Waals surface area contributed by atoms with Gasteiger partial charge in [-0.15, -0.1) is 0 Å². The number of carbonyl (C=O) groups is 1. The van der Waals surface area contributed by atoms with Crippen molar-refractivity contribution in [3.63, 3.8) is 0 Å². The van der Waals surface area contributed by atoms with Crippen molar-refractivity contribution in [2.75, 3.05) is 13.1 Å². The van der Waals surface area contributed by atoms with Crippen molar-refractivity contribution < 1.29 is 9.53 Å². The number of halogens is 1. The predicted molar refractivity (Wildman–Crippen MR) is 88.2 cm³/mol. The van der Waals surface area contributed by atoms with E-state index < -0.39 is 11.7 Å². The number of alkyl carbamates (subject to hydrolysis) is 1. The maximum absolute atomic E-state index is 11.5. The quantitative estimate of drug-likeness (QED) is 0.640. The molecule has 1 heterocycles. The summed E-state index contributed by atoms with van der Waals surface area (Å²) in [4.78, 5) is 19.0. The molecule has 0 atom stereocenters. The highest BCUT2D eigenvalue weighted by Crippen LogP contribution is 2.13. The lowest BCUT2D eigenvalue weighted by Crippen LogP contribution is -2.36. The molecule has 0 aromatic carbocycles. The average Bonchev–Trinajstić information content (AvgIpc) is 2.74. The van der Waals surface area contributed by atoms with Gasteiger partial charge in [0.05, 0.1) is 5.69 Å². The second-order valence-electron chi connectivity index (χ2n) is 6.16. The largest absolute Gasteiger partial charge is 0.444 e. The highest BCUT2D eigenvalue weighted by Gasteiger charge is 2.15. The Morgan fingerprint density at radius 3 is 2.73 bits per heavy atom. The minimum absolute atomic E-state index is 0.407. The van der Waals surface area contributed by atoms with E-state index in [9.17, 15) is 4.79 Å². The zero-order valence-electron chi connectivity index (χ0n) is 13.9. The molecule has 0 aliphatic rings. The molecule has 0 aliphatic carbocycles. The van der Waals surface area contributed by atoms with Crippen molar-refractivity contribution in [3.8, 4) is 0 Å². The molecule has 0 bridgehead atoms. The summed E-state index contributed by atoms with van der Waals surface area (Å²) in [7, 11) is 0. The van der Waals surface area contributed by atoms with Gasteiger partial charge in [0, 0.05) is 26.1 Å². The fraction of sp³-hybridized carbons (Fsp3) is 0.733. The van der Waals surface area contributed by atoms with Gasteiger partial charge in [-0.05, 0) is 27.2 Å². The molecule has 22 heavy (non-hydrogen) atoms. The number of unbranched alkanes of at least 4 members (excludes halogenated alkanes) is 1. The third-order valence-corrected chi connectivity index (χ3v) is 3.13. The lowest BCUT2D eigenvalue weighted by atomic mass is 10.2. The molecule has 0 spiro atoms. The summed E-state index contributed by atoms with van der Waals surface area (Å²) >= 11 is 6.09. The van der Waals surface area contributed by atoms with Crippen LogP contribution in [0.25, 0.3) is 0 Å². The van der Waals surface area contributed by atoms with Crippen molar-refractivity contribution in [2.45, 2.75) is 59.1 Å². The van der Waals surface area contributed by atoms with Crippen molar-refractivity contribution in [3.05, 3.63) is 16.7 Å². The number of nitrogens with zero attached hydrogens (tertiary/aromatic N) is 1. The Bertz CT molecular complexity index is 469. The van der Waals surface area contributed by atoms with Crippen LogP contribution < -0.4 is 10.6 Å². The molecular formula is C15H27ClN4O2. The maximum Gasteiger partial charge on any atom is 0.407 e. The Morgan fingerprint density at radius 2 is 2.09 bits per heavy atom. The Labute approximate surface area is 137 Å². The van der Waals surface area contributed by atoms with E-state index in [0.29, 0.717) is 24.8 Å². The van der Waals surface area contributed by atoms with Crippen LogP contribution in [0, 0.1) is 0 Å². The van der Waals surface area contributed by atoms with Gasteiger partial charge in [0.25, 0.3) is 0 Å². The van der Waals surface area contributed by atoms with Gasteiger partial charge < -0.3 is 20.4 Å². The summed E-state index contributed by atoms with van der Waals surface area (Å²) in [5.41, 5.74) is 0.403. The summed E-state index contributed by atoms with van der Waals surface area (Å²) in [5.74, 6) is 0.926. The van der Waals surface area contributed by atoms with E-state index in [2.05, 4.69) is 27.5 Å². The van der Waals surface area contributed by atoms with Crippen molar-refractivity contribution in [1.29, 1.82) is 0 Å². The molecule has 0 fully saturated rings. The molecule has 0 saturated carbocycles. The van der Waals surface area contributed by atoms with Crippen LogP contribution >= 0.6 is 11.6 Å². The topological polar surface area (TPSA) is 79.0 Å². The Morgan fingerprint density at radius 1 is 1.36 bits per heavy atom. The summed E-state index contributed by atoms with van der Waals surface area (Å²) in [6.45, 7) is 9.35. The van der Waals surface area contributed by atoms with Crippen molar-refractivity contribution in [1.82, 2.24) is 20.6 Å². The van der Waals surface area contributed by atoms with Gasteiger partial charge in [0.1, 0.15) is 11.4 Å². The first-order chi connectivity index (χ1) is 10.3. The van der Waals surface area contributed by atoms with Crippen LogP contribution in [0.15, 0.2) is 0 Å². The third-order valence-electron chi connectivity index (χ3n) is 2.82. The van der Waals surface area contributed by atoms with E-state index in [1.807, 2.05) is 20.8 Å². The normalized spacial score (nSPS) is 11.5. The molecule has 0 aliphatic heterocycles. The van der Waals surface area contributed by atoms with E-state index in [0.717, 1.165) is 30.8 Å². The third kappa shape index (κ3) is 7.66. The number of H-pyrrole nitrogens is 1. The monoisotopic (exact) mass is 330 g/mol. The van der Waals surface area contributed by atoms with Gasteiger partial charge >= 0.3 is 6.09 Å². The number of carbonyl (C=O) groups excluding carboxylic acids is 1. The number of nitrogens with one attached hydrogen (secondary N) is 3. The van der Waals surface area contributed by atoms with Crippen molar-refractivity contribution >= 4 is 17.7 Å². The van der Waals surface area contributed by atoms with E-state index >= 15 is 0 Å². The summed E-state index contributed by atoms with van der Waals surface area (Å²) < 4.78 is 5.15. The van der Waals surface area contributed by atoms with Crippen molar-refractivity contribution in [2.24, 2.45) is 0 Å². The van der Waals surface area contributed by atoms with Crippen LogP contribution in [-0.4, -0.2) is 34.8 Å². The molecule has 1 aromatic rings. The minimum Gasteiger partial charge on any atom is -0.444 e. The molecule has 0 saturated heterocycles. The molecule has 6 nitrogen and oxygen atoms in total. The highest BCUT2D eigenvalue weighted by molar-refractivity contribution is 6.30. The van der Waals surface area contributed by atoms with Gasteiger partial charge in [-0.3, -0.25) is 0 Å². The van der Waals surface area contributed by atoms with Gasteiger partial charge in [-0.2, -0.15) is 0 Å². The molecule has 0 unspecified atom stereocenters. The van der Waals surface area contributed by atoms with E-state index in [-0.39, 0.29) is 0 Å². The number of aryl methyl sites for hydroxylation is 1. The summed E-state index contributed by atoms with van der Waals surface area (Å²) in [6, 6.07) is 0. The lowest BCUT2D eigenvalue weighted by Gasteiger charge is -2.19. The van der Waals surface area contributed by atoms with Gasteiger partial charge in [0.2, 0.25) is 0 Å². The number of rotatable bonds is 8. The number of aromatic amines is 1. The van der Waals surface area contributed by atoms with Gasteiger partial charge in [-0.1, -0.05) is 24.9 Å². The zero-order chi connectivity index (χ0) is 16.6. The number of hydrogen-bond donors (Lipinski definition) is 3. The van der Waals surface area contributed by atoms with E-state index in [1.54, 1.807) is 0 Å². The van der Waals surface area contributed by atoms with Crippen LogP contribution in [0.1, 0.15) is 52.1 Å². The first-order valence-corrected chi connectivity index (χ1v) is 8.10. The SMILES string of the molecule is CCCCc1nc(Cl)c(CNCCNC(=O)OC(C)(C)C)[nH]1. The number of imidazole rings is 1. The van der Waals surface area contributed by atoms with Crippen LogP contribution in [0.5, 0.6) is 0 Å². The first kappa shape index (κ1) is 18.8. The lowest BCUT2D eigenvalue weighted by molar-refractivity contribution is 0.0528. The molecule has 1 amide bonds. The molecule has 1 aromatic heterocycles. The van der Waals surface area contributed by atoms with Crippen LogP contribution in [0.3, 0.4) is 0 Å². The minimum atomic E-state index is -0.476. The Balaban J connectivity index is 2.22. The maximum atomic E-state index is 11.5. The Hall–Kier alpha value is -1.27. The number of aromatic nitrogens is 2. The zero-order valence-corrected chi connectivity index (χ0v) is 14.6. The molecule has 7 heteroatoms. The number of amides is 1. The molecule has 0 radical (unpaired) electrons. The fourth-order valence-electron chi connectivity index (χ4n) is 1.80. The molecule has 1 rings (SSSR count). The predicted octanol–water partition coefficient (Wildman–Crippen LogP) is 3.02. The Kier molecular flexibility index (Phi) is 7.68. The molecule has 3 N–H and O–H groups in total. The summed E-state index contributed by atoms with van der Waals surface area (Å²) in [6.07, 6.45) is 2.73. The average molecular weight is 331 g/mol. The van der Waals surface area contributed by atoms with E-state index in [4.69, 9.17) is 16.3 Å². The molecule has 126 valence electrons. The second-order valence-corrected chi connectivity index (χ2v) is 6.52.